The summed E-state index contributed by atoms with van der Waals surface area (Å²) in [5, 5.41) is 0. The molecule has 1 atom stereocenters. The molecule has 0 aromatic carbocycles. The molecule has 132 valence electrons. The first kappa shape index (κ1) is 20.5. The summed E-state index contributed by atoms with van der Waals surface area (Å²) in [5.74, 6) is 0.0910. The Bertz CT molecular complexity index is 687. The van der Waals surface area contributed by atoms with E-state index in [1.165, 1.54) is 0 Å². The molecule has 24 heavy (non-hydrogen) atoms. The van der Waals surface area contributed by atoms with Crippen LogP contribution in [0.3, 0.4) is 0 Å². The van der Waals surface area contributed by atoms with Crippen LogP contribution in [-0.4, -0.2) is 39.5 Å². The lowest BCUT2D eigenvalue weighted by Crippen LogP contribution is -2.32. The highest BCUT2D eigenvalue weighted by molar-refractivity contribution is 5.96. The number of carbonyl (C=O) groups excluding carboxylic acids is 1. The predicted octanol–water partition coefficient (Wildman–Crippen LogP) is 2.57. The van der Waals surface area contributed by atoms with Crippen LogP contribution in [-0.2, 0) is 6.54 Å². The average molecular weight is 371 g/mol. The van der Waals surface area contributed by atoms with Crippen molar-refractivity contribution < 1.29 is 4.79 Å². The van der Waals surface area contributed by atoms with Crippen LogP contribution in [0.25, 0.3) is 0 Å². The van der Waals surface area contributed by atoms with Gasteiger partial charge in [0, 0.05) is 36.7 Å². The van der Waals surface area contributed by atoms with Crippen molar-refractivity contribution in [2.24, 2.45) is 5.73 Å². The number of likely N-dealkylation sites (tertiary alicyclic amines) is 1. The smallest absolute Gasteiger partial charge is 0.255 e. The van der Waals surface area contributed by atoms with Gasteiger partial charge in [-0.2, -0.15) is 0 Å². The van der Waals surface area contributed by atoms with E-state index in [0.717, 1.165) is 35.6 Å². The van der Waals surface area contributed by atoms with E-state index in [9.17, 15) is 4.79 Å². The van der Waals surface area contributed by atoms with E-state index < -0.39 is 0 Å². The van der Waals surface area contributed by atoms with Crippen LogP contribution in [0, 0.1) is 13.8 Å². The van der Waals surface area contributed by atoms with E-state index in [1.807, 2.05) is 43.0 Å². The molecule has 2 N–H and O–H groups in total. The van der Waals surface area contributed by atoms with E-state index in [0.29, 0.717) is 13.1 Å². The lowest BCUT2D eigenvalue weighted by atomic mass is 10.2. The van der Waals surface area contributed by atoms with Crippen molar-refractivity contribution >= 4 is 30.7 Å². The molecule has 1 aliphatic heterocycles. The molecule has 0 saturated carbocycles. The number of hydrogen-bond donors (Lipinski definition) is 1. The van der Waals surface area contributed by atoms with Gasteiger partial charge in [-0.1, -0.05) is 6.07 Å². The Morgan fingerprint density at radius 1 is 1.33 bits per heavy atom. The third kappa shape index (κ3) is 4.09. The van der Waals surface area contributed by atoms with Crippen molar-refractivity contribution in [1.29, 1.82) is 0 Å². The Morgan fingerprint density at radius 2 is 2.08 bits per heavy atom. The highest BCUT2D eigenvalue weighted by Crippen LogP contribution is 2.20. The lowest BCUT2D eigenvalue weighted by Gasteiger charge is -2.16. The zero-order valence-corrected chi connectivity index (χ0v) is 15.6. The molecule has 0 unspecified atom stereocenters. The van der Waals surface area contributed by atoms with Crippen molar-refractivity contribution in [2.75, 3.05) is 13.1 Å². The molecule has 0 aliphatic carbocycles. The minimum absolute atomic E-state index is 0. The Hall–Kier alpha value is -1.56. The van der Waals surface area contributed by atoms with Crippen molar-refractivity contribution in [3.63, 3.8) is 0 Å². The highest BCUT2D eigenvalue weighted by atomic mass is 35.5. The lowest BCUT2D eigenvalue weighted by molar-refractivity contribution is 0.0790. The standard InChI is InChI=1S/C17H22N4O.2ClH/c1-12-9-16(17(22)20-8-6-14(18)10-20)13(2)21(12)11-15-5-3-4-7-19-15;;/h3-5,7,9,14H,6,8,10-11,18H2,1-2H3;2*1H/t14-;;/m1../s1. The molecule has 2 aromatic heterocycles. The first-order valence-electron chi connectivity index (χ1n) is 7.67. The number of aryl methyl sites for hydroxylation is 1. The van der Waals surface area contributed by atoms with Gasteiger partial charge in [0.25, 0.3) is 5.91 Å². The summed E-state index contributed by atoms with van der Waals surface area (Å²) >= 11 is 0. The number of aromatic nitrogens is 2. The van der Waals surface area contributed by atoms with Crippen LogP contribution in [0.5, 0.6) is 0 Å². The molecule has 1 amide bonds. The molecule has 3 rings (SSSR count). The maximum atomic E-state index is 12.7. The number of carbonyl (C=O) groups is 1. The van der Waals surface area contributed by atoms with Gasteiger partial charge in [0.1, 0.15) is 0 Å². The Labute approximate surface area is 155 Å². The summed E-state index contributed by atoms with van der Waals surface area (Å²) in [6.45, 7) is 6.12. The Morgan fingerprint density at radius 3 is 2.67 bits per heavy atom. The highest BCUT2D eigenvalue weighted by Gasteiger charge is 2.27. The monoisotopic (exact) mass is 370 g/mol. The quantitative estimate of drug-likeness (QED) is 0.902. The van der Waals surface area contributed by atoms with Gasteiger partial charge < -0.3 is 15.2 Å². The number of halogens is 2. The largest absolute Gasteiger partial charge is 0.342 e. The molecule has 0 bridgehead atoms. The number of nitrogens with zero attached hydrogens (tertiary/aromatic N) is 3. The molecule has 7 heteroatoms. The van der Waals surface area contributed by atoms with E-state index in [-0.39, 0.29) is 36.8 Å². The van der Waals surface area contributed by atoms with Gasteiger partial charge in [-0.25, -0.2) is 0 Å². The van der Waals surface area contributed by atoms with Crippen LogP contribution in [0.4, 0.5) is 0 Å². The second-order valence-corrected chi connectivity index (χ2v) is 5.99. The maximum absolute atomic E-state index is 12.7. The zero-order valence-electron chi connectivity index (χ0n) is 13.9. The summed E-state index contributed by atoms with van der Waals surface area (Å²) in [6, 6.07) is 7.98. The van der Waals surface area contributed by atoms with Gasteiger partial charge >= 0.3 is 0 Å². The number of pyridine rings is 1. The van der Waals surface area contributed by atoms with Gasteiger partial charge in [-0.05, 0) is 38.5 Å². The summed E-state index contributed by atoms with van der Waals surface area (Å²) in [6.07, 6.45) is 2.68. The van der Waals surface area contributed by atoms with E-state index in [1.54, 1.807) is 6.20 Å². The van der Waals surface area contributed by atoms with Crippen LogP contribution in [0.1, 0.15) is 33.9 Å². The summed E-state index contributed by atoms with van der Waals surface area (Å²) in [5.41, 5.74) is 9.75. The summed E-state index contributed by atoms with van der Waals surface area (Å²) < 4.78 is 2.14. The van der Waals surface area contributed by atoms with Gasteiger partial charge in [-0.3, -0.25) is 9.78 Å². The fourth-order valence-corrected chi connectivity index (χ4v) is 3.06. The van der Waals surface area contributed by atoms with E-state index in [4.69, 9.17) is 5.73 Å². The first-order chi connectivity index (χ1) is 10.6. The third-order valence-electron chi connectivity index (χ3n) is 4.36. The molecular formula is C17H24Cl2N4O. The zero-order chi connectivity index (χ0) is 15.7. The predicted molar refractivity (Wildman–Crippen MR) is 100 cm³/mol. The van der Waals surface area contributed by atoms with Crippen molar-refractivity contribution in [1.82, 2.24) is 14.5 Å². The van der Waals surface area contributed by atoms with E-state index in [2.05, 4.69) is 9.55 Å². The molecule has 2 aromatic rings. The Kier molecular flexibility index (Phi) is 7.27. The van der Waals surface area contributed by atoms with Crippen LogP contribution < -0.4 is 5.73 Å². The first-order valence-corrected chi connectivity index (χ1v) is 7.67. The fraction of sp³-hybridized carbons (Fsp3) is 0.412. The number of hydrogen-bond acceptors (Lipinski definition) is 3. The molecule has 1 saturated heterocycles. The van der Waals surface area contributed by atoms with Gasteiger partial charge in [0.05, 0.1) is 17.8 Å². The topological polar surface area (TPSA) is 64.2 Å². The van der Waals surface area contributed by atoms with Crippen molar-refractivity contribution in [3.8, 4) is 0 Å². The van der Waals surface area contributed by atoms with Gasteiger partial charge in [-0.15, -0.1) is 24.8 Å². The van der Waals surface area contributed by atoms with Crippen molar-refractivity contribution in [2.45, 2.75) is 32.9 Å². The minimum Gasteiger partial charge on any atom is -0.342 e. The van der Waals surface area contributed by atoms with Crippen LogP contribution in [0.2, 0.25) is 0 Å². The molecule has 0 radical (unpaired) electrons. The maximum Gasteiger partial charge on any atom is 0.255 e. The normalized spacial score (nSPS) is 16.5. The molecule has 3 heterocycles. The van der Waals surface area contributed by atoms with Gasteiger partial charge in [0.2, 0.25) is 0 Å². The second-order valence-electron chi connectivity index (χ2n) is 5.99. The van der Waals surface area contributed by atoms with Crippen LogP contribution in [0.15, 0.2) is 30.5 Å². The summed E-state index contributed by atoms with van der Waals surface area (Å²) in [7, 11) is 0. The second kappa shape index (κ2) is 8.51. The Balaban J connectivity index is 0.00000144. The van der Waals surface area contributed by atoms with E-state index >= 15 is 0 Å². The molecule has 0 spiro atoms. The number of nitrogens with two attached hydrogens (primary N) is 1. The summed E-state index contributed by atoms with van der Waals surface area (Å²) in [4.78, 5) is 18.9. The number of rotatable bonds is 3. The molecular weight excluding hydrogens is 347 g/mol. The molecule has 1 aliphatic rings. The SMILES string of the molecule is Cc1cc(C(=O)N2CC[C@@H](N)C2)c(C)n1Cc1ccccn1.Cl.Cl. The molecule has 1 fully saturated rings. The van der Waals surface area contributed by atoms with Gasteiger partial charge in [0.15, 0.2) is 0 Å². The average Bonchev–Trinajstić information content (AvgIpc) is 3.06. The minimum atomic E-state index is 0. The molecule has 5 nitrogen and oxygen atoms in total. The number of amides is 1. The van der Waals surface area contributed by atoms with Crippen molar-refractivity contribution in [3.05, 3.63) is 53.1 Å². The van der Waals surface area contributed by atoms with Crippen LogP contribution >= 0.6 is 24.8 Å². The fourth-order valence-electron chi connectivity index (χ4n) is 3.06. The third-order valence-corrected chi connectivity index (χ3v) is 4.36.